The first-order valence-corrected chi connectivity index (χ1v) is 3.62. The summed E-state index contributed by atoms with van der Waals surface area (Å²) in [5.41, 5.74) is 0. The van der Waals surface area contributed by atoms with E-state index in [1.807, 2.05) is 0 Å². The molecule has 0 aromatic rings. The van der Waals surface area contributed by atoms with Gasteiger partial charge in [-0.1, -0.05) is 0 Å². The van der Waals surface area contributed by atoms with Crippen molar-refractivity contribution in [3.63, 3.8) is 0 Å². The van der Waals surface area contributed by atoms with E-state index in [1.165, 1.54) is 0 Å². The van der Waals surface area contributed by atoms with Crippen molar-refractivity contribution >= 4 is 9.05 Å². The van der Waals surface area contributed by atoms with Crippen molar-refractivity contribution in [2.75, 3.05) is 0 Å². The number of rotatable bonds is 0. The van der Waals surface area contributed by atoms with Gasteiger partial charge in [-0.05, 0) is 6.92 Å². The van der Waals surface area contributed by atoms with Crippen molar-refractivity contribution in [2.24, 2.45) is 0 Å². The van der Waals surface area contributed by atoms with E-state index in [0.717, 1.165) is 0 Å². The SMILES string of the molecule is CC1O[Si](O)(O)O1. The van der Waals surface area contributed by atoms with Crippen LogP contribution in [0.5, 0.6) is 0 Å². The topological polar surface area (TPSA) is 58.9 Å². The monoisotopic (exact) mass is 122 g/mol. The van der Waals surface area contributed by atoms with Crippen LogP contribution in [0.1, 0.15) is 6.92 Å². The lowest BCUT2D eigenvalue weighted by Gasteiger charge is -2.32. The van der Waals surface area contributed by atoms with Crippen LogP contribution >= 0.6 is 0 Å². The van der Waals surface area contributed by atoms with Crippen LogP contribution in [0.4, 0.5) is 0 Å². The minimum atomic E-state index is -3.51. The second-order valence-corrected chi connectivity index (χ2v) is 2.92. The van der Waals surface area contributed by atoms with Gasteiger partial charge in [-0.25, -0.2) is 0 Å². The zero-order valence-corrected chi connectivity index (χ0v) is 4.79. The van der Waals surface area contributed by atoms with E-state index in [4.69, 9.17) is 9.59 Å². The summed E-state index contributed by atoms with van der Waals surface area (Å²) in [6.45, 7) is 1.59. The predicted octanol–water partition coefficient (Wildman–Crippen LogP) is -1.20. The first kappa shape index (κ1) is 5.20. The minimum Gasteiger partial charge on any atom is -0.367 e. The fraction of sp³-hybridized carbons (Fsp3) is 1.00. The Morgan fingerprint density at radius 1 is 1.43 bits per heavy atom. The van der Waals surface area contributed by atoms with E-state index < -0.39 is 15.3 Å². The molecule has 0 saturated carbocycles. The standard InChI is InChI=1S/C2H6O4Si/c1-2-5-7(3,4)6-2/h2-4H,1H3. The van der Waals surface area contributed by atoms with Crippen molar-refractivity contribution in [3.8, 4) is 0 Å². The maximum Gasteiger partial charge on any atom is 0.678 e. The Morgan fingerprint density at radius 3 is 1.86 bits per heavy atom. The molecule has 42 valence electrons. The van der Waals surface area contributed by atoms with E-state index in [1.54, 1.807) is 6.92 Å². The molecule has 1 heterocycles. The van der Waals surface area contributed by atoms with Crippen LogP contribution < -0.4 is 0 Å². The van der Waals surface area contributed by atoms with E-state index in [2.05, 4.69) is 8.85 Å². The van der Waals surface area contributed by atoms with E-state index in [-0.39, 0.29) is 0 Å². The van der Waals surface area contributed by atoms with Crippen molar-refractivity contribution < 1.29 is 18.4 Å². The summed E-state index contributed by atoms with van der Waals surface area (Å²) >= 11 is 0. The molecule has 0 aliphatic carbocycles. The second-order valence-electron chi connectivity index (χ2n) is 1.35. The van der Waals surface area contributed by atoms with Gasteiger partial charge in [0.1, 0.15) is 6.29 Å². The molecule has 1 fully saturated rings. The molecule has 1 rings (SSSR count). The van der Waals surface area contributed by atoms with Gasteiger partial charge in [0.05, 0.1) is 0 Å². The zero-order chi connectivity index (χ0) is 5.49. The van der Waals surface area contributed by atoms with Crippen LogP contribution in [0, 0.1) is 0 Å². The van der Waals surface area contributed by atoms with Gasteiger partial charge in [0, 0.05) is 0 Å². The maximum atomic E-state index is 8.33. The van der Waals surface area contributed by atoms with Crippen LogP contribution in [0.15, 0.2) is 0 Å². The average Bonchev–Trinajstić information content (AvgIpc) is 1.27. The first-order valence-electron chi connectivity index (χ1n) is 1.90. The zero-order valence-electron chi connectivity index (χ0n) is 3.79. The predicted molar refractivity (Wildman–Crippen MR) is 21.8 cm³/mol. The van der Waals surface area contributed by atoms with Crippen LogP contribution in [-0.4, -0.2) is 24.9 Å². The normalized spacial score (nSPS) is 29.6. The third-order valence-corrected chi connectivity index (χ3v) is 1.92. The largest absolute Gasteiger partial charge is 0.678 e. The molecule has 1 aliphatic rings. The van der Waals surface area contributed by atoms with Crippen molar-refractivity contribution in [1.82, 2.24) is 0 Å². The van der Waals surface area contributed by atoms with E-state index >= 15 is 0 Å². The highest BCUT2D eigenvalue weighted by Crippen LogP contribution is 2.16. The van der Waals surface area contributed by atoms with Gasteiger partial charge >= 0.3 is 9.05 Å². The third kappa shape index (κ3) is 0.986. The Hall–Kier alpha value is 0.0569. The molecule has 0 atom stereocenters. The summed E-state index contributed by atoms with van der Waals surface area (Å²) in [6, 6.07) is 0. The lowest BCUT2D eigenvalue weighted by molar-refractivity contribution is -0.196. The average molecular weight is 122 g/mol. The molecule has 0 spiro atoms. The summed E-state index contributed by atoms with van der Waals surface area (Å²) < 4.78 is 8.71. The van der Waals surface area contributed by atoms with E-state index in [9.17, 15) is 0 Å². The van der Waals surface area contributed by atoms with Crippen molar-refractivity contribution in [2.45, 2.75) is 13.2 Å². The quantitative estimate of drug-likeness (QED) is 0.396. The number of hydrogen-bond acceptors (Lipinski definition) is 4. The summed E-state index contributed by atoms with van der Waals surface area (Å²) in [7, 11) is -3.51. The smallest absolute Gasteiger partial charge is 0.367 e. The van der Waals surface area contributed by atoms with Crippen molar-refractivity contribution in [3.05, 3.63) is 0 Å². The Labute approximate surface area is 41.8 Å². The van der Waals surface area contributed by atoms with Gasteiger partial charge in [-0.3, -0.25) is 0 Å². The molecule has 5 heteroatoms. The van der Waals surface area contributed by atoms with Gasteiger partial charge in [0.15, 0.2) is 0 Å². The van der Waals surface area contributed by atoms with Crippen LogP contribution in [0.2, 0.25) is 0 Å². The molecule has 7 heavy (non-hydrogen) atoms. The van der Waals surface area contributed by atoms with Gasteiger partial charge in [-0.15, -0.1) is 0 Å². The second kappa shape index (κ2) is 1.27. The Balaban J connectivity index is 2.29. The van der Waals surface area contributed by atoms with Gasteiger partial charge < -0.3 is 18.4 Å². The Morgan fingerprint density at radius 2 is 1.86 bits per heavy atom. The molecule has 1 aliphatic heterocycles. The number of hydrogen-bond donors (Lipinski definition) is 2. The Kier molecular flexibility index (Phi) is 0.941. The molecule has 0 aromatic heterocycles. The fourth-order valence-electron chi connectivity index (χ4n) is 0.441. The highest BCUT2D eigenvalue weighted by Gasteiger charge is 2.50. The fourth-order valence-corrected chi connectivity index (χ4v) is 1.32. The Bertz CT molecular complexity index is 73.8. The molecule has 4 nitrogen and oxygen atoms in total. The lowest BCUT2D eigenvalue weighted by atomic mass is 10.8. The summed E-state index contributed by atoms with van der Waals surface area (Å²) in [4.78, 5) is 16.7. The molecule has 0 aromatic carbocycles. The lowest BCUT2D eigenvalue weighted by Crippen LogP contribution is -2.58. The van der Waals surface area contributed by atoms with Gasteiger partial charge in [0.2, 0.25) is 0 Å². The molecule has 0 amide bonds. The molecule has 1 saturated heterocycles. The highest BCUT2D eigenvalue weighted by atomic mass is 28.4. The van der Waals surface area contributed by atoms with Gasteiger partial charge in [-0.2, -0.15) is 0 Å². The minimum absolute atomic E-state index is 0.429. The van der Waals surface area contributed by atoms with Crippen LogP contribution in [-0.2, 0) is 8.85 Å². The highest BCUT2D eigenvalue weighted by molar-refractivity contribution is 6.52. The molecule has 0 unspecified atom stereocenters. The molecule has 2 N–H and O–H groups in total. The van der Waals surface area contributed by atoms with Crippen LogP contribution in [0.25, 0.3) is 0 Å². The third-order valence-electron chi connectivity index (χ3n) is 0.639. The molecule has 0 radical (unpaired) electrons. The molecular formula is C2H6O4Si. The van der Waals surface area contributed by atoms with Crippen molar-refractivity contribution in [1.29, 1.82) is 0 Å². The maximum absolute atomic E-state index is 8.33. The van der Waals surface area contributed by atoms with E-state index in [0.29, 0.717) is 0 Å². The molecular weight excluding hydrogens is 116 g/mol. The van der Waals surface area contributed by atoms with Crippen LogP contribution in [0.3, 0.4) is 0 Å². The van der Waals surface area contributed by atoms with Gasteiger partial charge in [0.25, 0.3) is 0 Å². The first-order chi connectivity index (χ1) is 3.10. The summed E-state index contributed by atoms with van der Waals surface area (Å²) in [6.07, 6.45) is -0.429. The summed E-state index contributed by atoms with van der Waals surface area (Å²) in [5.74, 6) is 0. The molecule has 0 bridgehead atoms. The summed E-state index contributed by atoms with van der Waals surface area (Å²) in [5, 5.41) is 0.